The molecule has 2 aliphatic rings. The maximum Gasteiger partial charge on any atom is 0.226 e. The zero-order chi connectivity index (χ0) is 13.0. The van der Waals surface area contributed by atoms with Crippen molar-refractivity contribution in [2.45, 2.75) is 45.1 Å². The van der Waals surface area contributed by atoms with Crippen molar-refractivity contribution in [2.75, 3.05) is 32.7 Å². The lowest BCUT2D eigenvalue weighted by atomic mass is 9.99. The predicted molar refractivity (Wildman–Crippen MR) is 87.7 cm³/mol. The van der Waals surface area contributed by atoms with E-state index in [1.54, 1.807) is 0 Å². The molecule has 6 heteroatoms. The SMILES string of the molecule is CC(CN)C(=O)N1CCC(N2CCCCC2)CC1.Cl.Cl. The van der Waals surface area contributed by atoms with Crippen LogP contribution in [0, 0.1) is 5.92 Å². The summed E-state index contributed by atoms with van der Waals surface area (Å²) in [5.74, 6) is 0.228. The van der Waals surface area contributed by atoms with Gasteiger partial charge in [0.1, 0.15) is 0 Å². The summed E-state index contributed by atoms with van der Waals surface area (Å²) in [4.78, 5) is 16.7. The first kappa shape index (κ1) is 20.0. The first-order valence-corrected chi connectivity index (χ1v) is 7.45. The molecular formula is C14H29Cl2N3O. The molecular weight excluding hydrogens is 297 g/mol. The molecule has 1 atom stereocenters. The van der Waals surface area contributed by atoms with Crippen LogP contribution in [0.5, 0.6) is 0 Å². The van der Waals surface area contributed by atoms with Crippen LogP contribution in [0.3, 0.4) is 0 Å². The number of hydrogen-bond donors (Lipinski definition) is 1. The Balaban J connectivity index is 0.00000180. The number of nitrogens with two attached hydrogens (primary N) is 1. The number of halogens is 2. The molecule has 2 aliphatic heterocycles. The van der Waals surface area contributed by atoms with Crippen LogP contribution in [-0.4, -0.2) is 54.5 Å². The highest BCUT2D eigenvalue weighted by atomic mass is 35.5. The Morgan fingerprint density at radius 2 is 1.65 bits per heavy atom. The third-order valence-electron chi connectivity index (χ3n) is 4.46. The minimum Gasteiger partial charge on any atom is -0.342 e. The average Bonchev–Trinajstić information content (AvgIpc) is 2.47. The molecule has 120 valence electrons. The highest BCUT2D eigenvalue weighted by molar-refractivity contribution is 5.85. The number of hydrogen-bond acceptors (Lipinski definition) is 3. The third-order valence-corrected chi connectivity index (χ3v) is 4.46. The molecule has 1 amide bonds. The van der Waals surface area contributed by atoms with E-state index in [4.69, 9.17) is 5.73 Å². The fourth-order valence-corrected chi connectivity index (χ4v) is 3.15. The summed E-state index contributed by atoms with van der Waals surface area (Å²) in [5, 5.41) is 0. The van der Waals surface area contributed by atoms with Crippen molar-refractivity contribution in [1.82, 2.24) is 9.80 Å². The Kier molecular flexibility index (Phi) is 9.81. The van der Waals surface area contributed by atoms with E-state index in [0.29, 0.717) is 12.6 Å². The molecule has 2 N–H and O–H groups in total. The summed E-state index contributed by atoms with van der Waals surface area (Å²) in [6, 6.07) is 0.711. The van der Waals surface area contributed by atoms with Gasteiger partial charge in [-0.2, -0.15) is 0 Å². The van der Waals surface area contributed by atoms with E-state index in [9.17, 15) is 4.79 Å². The lowest BCUT2D eigenvalue weighted by molar-refractivity contribution is -0.136. The molecule has 0 bridgehead atoms. The van der Waals surface area contributed by atoms with Gasteiger partial charge >= 0.3 is 0 Å². The maximum absolute atomic E-state index is 12.0. The van der Waals surface area contributed by atoms with Crippen LogP contribution in [-0.2, 0) is 4.79 Å². The van der Waals surface area contributed by atoms with Gasteiger partial charge in [-0.3, -0.25) is 4.79 Å². The number of nitrogens with zero attached hydrogens (tertiary/aromatic N) is 2. The van der Waals surface area contributed by atoms with Gasteiger partial charge in [-0.25, -0.2) is 0 Å². The van der Waals surface area contributed by atoms with Crippen LogP contribution < -0.4 is 5.73 Å². The number of piperidine rings is 2. The van der Waals surface area contributed by atoms with Crippen LogP contribution in [0.4, 0.5) is 0 Å². The Labute approximate surface area is 135 Å². The largest absolute Gasteiger partial charge is 0.342 e. The molecule has 0 saturated carbocycles. The van der Waals surface area contributed by atoms with Crippen molar-refractivity contribution in [3.8, 4) is 0 Å². The summed E-state index contributed by atoms with van der Waals surface area (Å²) >= 11 is 0. The fraction of sp³-hybridized carbons (Fsp3) is 0.929. The first-order chi connectivity index (χ1) is 8.72. The quantitative estimate of drug-likeness (QED) is 0.862. The van der Waals surface area contributed by atoms with E-state index >= 15 is 0 Å². The van der Waals surface area contributed by atoms with Gasteiger partial charge in [0, 0.05) is 31.6 Å². The van der Waals surface area contributed by atoms with Gasteiger partial charge in [-0.1, -0.05) is 13.3 Å². The number of likely N-dealkylation sites (tertiary alicyclic amines) is 2. The van der Waals surface area contributed by atoms with Gasteiger partial charge in [0.05, 0.1) is 0 Å². The fourth-order valence-electron chi connectivity index (χ4n) is 3.15. The van der Waals surface area contributed by atoms with Gasteiger partial charge in [0.25, 0.3) is 0 Å². The van der Waals surface area contributed by atoms with Crippen LogP contribution in [0.2, 0.25) is 0 Å². The number of amides is 1. The molecule has 0 spiro atoms. The van der Waals surface area contributed by atoms with E-state index < -0.39 is 0 Å². The van der Waals surface area contributed by atoms with Gasteiger partial charge < -0.3 is 15.5 Å². The molecule has 0 radical (unpaired) electrons. The molecule has 0 aromatic rings. The summed E-state index contributed by atoms with van der Waals surface area (Å²) in [6.07, 6.45) is 6.38. The lowest BCUT2D eigenvalue weighted by Gasteiger charge is -2.40. The smallest absolute Gasteiger partial charge is 0.226 e. The highest BCUT2D eigenvalue weighted by Gasteiger charge is 2.28. The minimum absolute atomic E-state index is 0. The predicted octanol–water partition coefficient (Wildman–Crippen LogP) is 1.90. The van der Waals surface area contributed by atoms with Crippen LogP contribution >= 0.6 is 24.8 Å². The Bertz CT molecular complexity index is 278. The molecule has 0 aliphatic carbocycles. The van der Waals surface area contributed by atoms with Crippen molar-refractivity contribution < 1.29 is 4.79 Å². The topological polar surface area (TPSA) is 49.6 Å². The highest BCUT2D eigenvalue weighted by Crippen LogP contribution is 2.21. The van der Waals surface area contributed by atoms with E-state index in [0.717, 1.165) is 25.9 Å². The second kappa shape index (κ2) is 9.82. The van der Waals surface area contributed by atoms with Crippen molar-refractivity contribution in [3.05, 3.63) is 0 Å². The number of rotatable bonds is 3. The van der Waals surface area contributed by atoms with Gasteiger partial charge in [-0.05, 0) is 38.8 Å². The standard InChI is InChI=1S/C14H27N3O.2ClH/c1-12(11-15)14(18)17-9-5-13(6-10-17)16-7-3-2-4-8-16;;/h12-13H,2-11,15H2,1H3;2*1H. The normalized spacial score (nSPS) is 22.6. The monoisotopic (exact) mass is 325 g/mol. The van der Waals surface area contributed by atoms with Crippen molar-refractivity contribution >= 4 is 30.7 Å². The number of carbonyl (C=O) groups excluding carboxylic acids is 1. The Hall–Kier alpha value is -0.0300. The summed E-state index contributed by atoms with van der Waals surface area (Å²) in [5.41, 5.74) is 5.57. The van der Waals surface area contributed by atoms with E-state index in [2.05, 4.69) is 4.90 Å². The van der Waals surface area contributed by atoms with Gasteiger partial charge in [0.15, 0.2) is 0 Å². The molecule has 2 heterocycles. The summed E-state index contributed by atoms with van der Waals surface area (Å²) in [6.45, 7) is 6.76. The molecule has 0 aromatic heterocycles. The van der Waals surface area contributed by atoms with Crippen molar-refractivity contribution in [2.24, 2.45) is 11.7 Å². The van der Waals surface area contributed by atoms with Crippen LogP contribution in [0.1, 0.15) is 39.0 Å². The Morgan fingerprint density at radius 3 is 2.15 bits per heavy atom. The number of carbonyl (C=O) groups is 1. The van der Waals surface area contributed by atoms with Gasteiger partial charge in [-0.15, -0.1) is 24.8 Å². The van der Waals surface area contributed by atoms with Crippen LogP contribution in [0.25, 0.3) is 0 Å². The average molecular weight is 326 g/mol. The zero-order valence-electron chi connectivity index (χ0n) is 12.4. The second-order valence-corrected chi connectivity index (χ2v) is 5.79. The van der Waals surface area contributed by atoms with Crippen molar-refractivity contribution in [3.63, 3.8) is 0 Å². The molecule has 2 saturated heterocycles. The van der Waals surface area contributed by atoms with E-state index in [1.807, 2.05) is 11.8 Å². The zero-order valence-corrected chi connectivity index (χ0v) is 14.1. The first-order valence-electron chi connectivity index (χ1n) is 7.45. The lowest BCUT2D eigenvalue weighted by Crippen LogP contribution is -2.49. The van der Waals surface area contributed by atoms with Crippen molar-refractivity contribution in [1.29, 1.82) is 0 Å². The van der Waals surface area contributed by atoms with E-state index in [1.165, 1.54) is 32.4 Å². The summed E-state index contributed by atoms with van der Waals surface area (Å²) in [7, 11) is 0. The van der Waals surface area contributed by atoms with Gasteiger partial charge in [0.2, 0.25) is 5.91 Å². The molecule has 0 aromatic carbocycles. The molecule has 1 unspecified atom stereocenters. The minimum atomic E-state index is -0.0171. The molecule has 2 fully saturated rings. The molecule has 4 nitrogen and oxygen atoms in total. The molecule has 2 rings (SSSR count). The Morgan fingerprint density at radius 1 is 1.10 bits per heavy atom. The van der Waals surface area contributed by atoms with E-state index in [-0.39, 0.29) is 36.6 Å². The summed E-state index contributed by atoms with van der Waals surface area (Å²) < 4.78 is 0. The third kappa shape index (κ3) is 5.06. The molecule has 20 heavy (non-hydrogen) atoms. The van der Waals surface area contributed by atoms with Crippen LogP contribution in [0.15, 0.2) is 0 Å². The maximum atomic E-state index is 12.0. The second-order valence-electron chi connectivity index (χ2n) is 5.79.